The monoisotopic (exact) mass is 371 g/mol. The molecule has 1 atom stereocenters. The molecule has 2 fully saturated rings. The second-order valence-electron chi connectivity index (χ2n) is 6.48. The third-order valence-electron chi connectivity index (χ3n) is 5.10. The highest BCUT2D eigenvalue weighted by Crippen LogP contribution is 2.35. The summed E-state index contributed by atoms with van der Waals surface area (Å²) in [6.45, 7) is 7.69. The third kappa shape index (κ3) is 4.70. The Kier molecular flexibility index (Phi) is 7.62. The van der Waals surface area contributed by atoms with Crippen LogP contribution in [0.15, 0.2) is 12.1 Å². The molecule has 0 spiro atoms. The Balaban J connectivity index is 0.00000225. The topological polar surface area (TPSA) is 46.2 Å². The van der Waals surface area contributed by atoms with Gasteiger partial charge >= 0.3 is 0 Å². The van der Waals surface area contributed by atoms with Crippen molar-refractivity contribution in [2.24, 2.45) is 0 Å². The van der Waals surface area contributed by atoms with Crippen molar-refractivity contribution >= 4 is 12.4 Å². The average molecular weight is 372 g/mol. The summed E-state index contributed by atoms with van der Waals surface area (Å²) >= 11 is 0. The zero-order chi connectivity index (χ0) is 16.9. The zero-order valence-corrected chi connectivity index (χ0v) is 16.2. The fraction of sp³-hybridized carbons (Fsp3) is 0.667. The predicted molar refractivity (Wildman–Crippen MR) is 101 cm³/mol. The van der Waals surface area contributed by atoms with Crippen LogP contribution in [0.1, 0.15) is 12.0 Å². The number of rotatable bonds is 6. The molecule has 6 nitrogen and oxygen atoms in total. The van der Waals surface area contributed by atoms with Gasteiger partial charge in [-0.3, -0.25) is 9.80 Å². The molecule has 7 heteroatoms. The largest absolute Gasteiger partial charge is 0.496 e. The summed E-state index contributed by atoms with van der Waals surface area (Å²) in [6.07, 6.45) is 1.25. The van der Waals surface area contributed by atoms with Crippen molar-refractivity contribution in [3.63, 3.8) is 0 Å². The summed E-state index contributed by atoms with van der Waals surface area (Å²) in [5.74, 6) is 2.32. The Morgan fingerprint density at radius 1 is 0.960 bits per heavy atom. The van der Waals surface area contributed by atoms with Crippen molar-refractivity contribution in [2.75, 3.05) is 60.6 Å². The number of hydrogen-bond acceptors (Lipinski definition) is 6. The highest BCUT2D eigenvalue weighted by Gasteiger charge is 2.29. The maximum Gasteiger partial charge on any atom is 0.164 e. The van der Waals surface area contributed by atoms with Crippen LogP contribution in [0.3, 0.4) is 0 Å². The summed E-state index contributed by atoms with van der Waals surface area (Å²) in [6, 6.07) is 4.63. The van der Waals surface area contributed by atoms with Crippen molar-refractivity contribution in [1.82, 2.24) is 15.1 Å². The lowest BCUT2D eigenvalue weighted by molar-refractivity contribution is 0.170. The van der Waals surface area contributed by atoms with E-state index in [1.54, 1.807) is 21.3 Å². The normalized spacial score (nSPS) is 21.6. The van der Waals surface area contributed by atoms with E-state index < -0.39 is 0 Å². The molecule has 25 heavy (non-hydrogen) atoms. The van der Waals surface area contributed by atoms with Crippen LogP contribution in [0.5, 0.6) is 17.2 Å². The van der Waals surface area contributed by atoms with E-state index in [1.807, 2.05) is 12.1 Å². The molecule has 2 heterocycles. The number of likely N-dealkylation sites (tertiary alicyclic amines) is 1. The lowest BCUT2D eigenvalue weighted by Gasteiger charge is -2.32. The van der Waals surface area contributed by atoms with Gasteiger partial charge in [0, 0.05) is 63.5 Å². The second kappa shape index (κ2) is 9.48. The third-order valence-corrected chi connectivity index (χ3v) is 5.10. The summed E-state index contributed by atoms with van der Waals surface area (Å²) in [4.78, 5) is 5.14. The first-order valence-corrected chi connectivity index (χ1v) is 8.71. The van der Waals surface area contributed by atoms with Crippen LogP contribution in [0.4, 0.5) is 0 Å². The van der Waals surface area contributed by atoms with E-state index in [0.717, 1.165) is 62.9 Å². The lowest BCUT2D eigenvalue weighted by Crippen LogP contribution is -2.49. The van der Waals surface area contributed by atoms with Gasteiger partial charge in [-0.15, -0.1) is 12.4 Å². The van der Waals surface area contributed by atoms with E-state index in [0.29, 0.717) is 11.8 Å². The smallest absolute Gasteiger partial charge is 0.164 e. The maximum atomic E-state index is 5.56. The van der Waals surface area contributed by atoms with Crippen LogP contribution < -0.4 is 19.5 Å². The molecule has 0 bridgehead atoms. The molecule has 3 rings (SSSR count). The Bertz CT molecular complexity index is 553. The number of nitrogens with one attached hydrogen (secondary N) is 1. The number of methoxy groups -OCH3 is 3. The first-order valence-electron chi connectivity index (χ1n) is 8.71. The van der Waals surface area contributed by atoms with Crippen molar-refractivity contribution < 1.29 is 14.2 Å². The highest BCUT2D eigenvalue weighted by molar-refractivity contribution is 5.85. The van der Waals surface area contributed by atoms with Gasteiger partial charge in [-0.1, -0.05) is 0 Å². The second-order valence-corrected chi connectivity index (χ2v) is 6.48. The zero-order valence-electron chi connectivity index (χ0n) is 15.4. The molecule has 2 aliphatic rings. The van der Waals surface area contributed by atoms with Gasteiger partial charge in [0.2, 0.25) is 0 Å². The molecule has 0 aliphatic carbocycles. The lowest BCUT2D eigenvalue weighted by atomic mass is 10.1. The van der Waals surface area contributed by atoms with Gasteiger partial charge in [0.25, 0.3) is 0 Å². The Labute approximate surface area is 156 Å². The van der Waals surface area contributed by atoms with Crippen LogP contribution in [0.25, 0.3) is 0 Å². The van der Waals surface area contributed by atoms with Gasteiger partial charge in [-0.2, -0.15) is 0 Å². The summed E-state index contributed by atoms with van der Waals surface area (Å²) in [5.41, 5.74) is 1.15. The summed E-state index contributed by atoms with van der Waals surface area (Å²) in [5, 5.41) is 3.43. The first-order chi connectivity index (χ1) is 11.7. The van der Waals surface area contributed by atoms with Crippen LogP contribution in [-0.2, 0) is 6.54 Å². The summed E-state index contributed by atoms with van der Waals surface area (Å²) < 4.78 is 16.4. The fourth-order valence-corrected chi connectivity index (χ4v) is 3.76. The Morgan fingerprint density at radius 2 is 1.60 bits per heavy atom. The standard InChI is InChI=1S/C18H29N3O3.ClH/c1-22-16-11-18(24-3)17(23-2)10-14(16)12-20-7-4-15(13-20)21-8-5-19-6-9-21;/h10-11,15,19H,4-9,12-13H2,1-3H3;1H. The van der Waals surface area contributed by atoms with E-state index in [4.69, 9.17) is 14.2 Å². The number of hydrogen-bond donors (Lipinski definition) is 1. The van der Waals surface area contributed by atoms with Crippen LogP contribution >= 0.6 is 12.4 Å². The molecule has 0 radical (unpaired) electrons. The van der Waals surface area contributed by atoms with Gasteiger partial charge < -0.3 is 19.5 Å². The van der Waals surface area contributed by atoms with Crippen molar-refractivity contribution in [3.8, 4) is 17.2 Å². The molecule has 0 saturated carbocycles. The number of benzene rings is 1. The molecule has 2 aliphatic heterocycles. The minimum atomic E-state index is 0. The molecule has 2 saturated heterocycles. The van der Waals surface area contributed by atoms with Crippen molar-refractivity contribution in [1.29, 1.82) is 0 Å². The number of ether oxygens (including phenoxy) is 3. The number of nitrogens with zero attached hydrogens (tertiary/aromatic N) is 2. The number of piperazine rings is 1. The van der Waals surface area contributed by atoms with E-state index in [-0.39, 0.29) is 12.4 Å². The molecule has 1 unspecified atom stereocenters. The van der Waals surface area contributed by atoms with Gasteiger partial charge in [0.1, 0.15) is 5.75 Å². The quantitative estimate of drug-likeness (QED) is 0.819. The molecule has 1 aromatic rings. The van der Waals surface area contributed by atoms with Crippen molar-refractivity contribution in [3.05, 3.63) is 17.7 Å². The van der Waals surface area contributed by atoms with E-state index in [2.05, 4.69) is 15.1 Å². The molecule has 142 valence electrons. The van der Waals surface area contributed by atoms with Crippen molar-refractivity contribution in [2.45, 2.75) is 19.0 Å². The van der Waals surface area contributed by atoms with Crippen LogP contribution in [0, 0.1) is 0 Å². The molecular formula is C18H30ClN3O3. The maximum absolute atomic E-state index is 5.56. The molecule has 1 N–H and O–H groups in total. The Hall–Kier alpha value is -1.21. The fourth-order valence-electron chi connectivity index (χ4n) is 3.76. The Morgan fingerprint density at radius 3 is 2.24 bits per heavy atom. The van der Waals surface area contributed by atoms with Gasteiger partial charge in [-0.25, -0.2) is 0 Å². The molecule has 0 amide bonds. The minimum Gasteiger partial charge on any atom is -0.496 e. The van der Waals surface area contributed by atoms with Crippen LogP contribution in [-0.4, -0.2) is 76.4 Å². The van der Waals surface area contributed by atoms with Gasteiger partial charge in [0.05, 0.1) is 21.3 Å². The highest BCUT2D eigenvalue weighted by atomic mass is 35.5. The SMILES string of the molecule is COc1cc(OC)c(OC)cc1CN1CCC(N2CCNCC2)C1.Cl. The molecular weight excluding hydrogens is 342 g/mol. The van der Waals surface area contributed by atoms with Gasteiger partial charge in [-0.05, 0) is 12.5 Å². The molecule has 1 aromatic carbocycles. The first kappa shape index (κ1) is 20.1. The molecule has 0 aromatic heterocycles. The minimum absolute atomic E-state index is 0. The van der Waals surface area contributed by atoms with E-state index in [1.165, 1.54) is 6.42 Å². The number of halogens is 1. The van der Waals surface area contributed by atoms with Gasteiger partial charge in [0.15, 0.2) is 11.5 Å². The van der Waals surface area contributed by atoms with E-state index in [9.17, 15) is 0 Å². The van der Waals surface area contributed by atoms with Crippen LogP contribution in [0.2, 0.25) is 0 Å². The average Bonchev–Trinajstić information content (AvgIpc) is 3.10. The van der Waals surface area contributed by atoms with E-state index >= 15 is 0 Å². The summed E-state index contributed by atoms with van der Waals surface area (Å²) in [7, 11) is 5.03. The predicted octanol–water partition coefficient (Wildman–Crippen LogP) is 1.61.